The standard InChI is InChI=1S/C17H27N3O3S/c1-11-8-20(16(22)23-17(3,4)5)12(2)7-19(11)9-14-6-13(10-24-14)15(18)21/h6,10-12H,7-9H2,1-5H3,(H2,18,21)/t11-,12-/m0/s1. The van der Waals surface area contributed by atoms with E-state index in [1.54, 1.807) is 21.6 Å². The maximum atomic E-state index is 12.3. The Labute approximate surface area is 147 Å². The molecule has 1 aromatic heterocycles. The molecular formula is C17H27N3O3S. The van der Waals surface area contributed by atoms with Gasteiger partial charge in [0.05, 0.1) is 5.56 Å². The first-order valence-corrected chi connectivity index (χ1v) is 9.05. The number of ether oxygens (including phenoxy) is 1. The zero-order valence-corrected chi connectivity index (χ0v) is 15.9. The predicted octanol–water partition coefficient (Wildman–Crippen LogP) is 2.68. The summed E-state index contributed by atoms with van der Waals surface area (Å²) in [5, 5.41) is 1.79. The molecule has 6 nitrogen and oxygen atoms in total. The van der Waals surface area contributed by atoms with Crippen molar-refractivity contribution in [2.24, 2.45) is 5.73 Å². The topological polar surface area (TPSA) is 75.9 Å². The van der Waals surface area contributed by atoms with Crippen LogP contribution in [0.1, 0.15) is 49.9 Å². The minimum absolute atomic E-state index is 0.0756. The van der Waals surface area contributed by atoms with E-state index in [1.807, 2.05) is 33.8 Å². The summed E-state index contributed by atoms with van der Waals surface area (Å²) >= 11 is 1.54. The van der Waals surface area contributed by atoms with Crippen LogP contribution in [0.4, 0.5) is 4.79 Å². The Morgan fingerprint density at radius 2 is 1.96 bits per heavy atom. The Balaban J connectivity index is 1.99. The van der Waals surface area contributed by atoms with Gasteiger partial charge in [-0.3, -0.25) is 9.69 Å². The molecule has 0 unspecified atom stereocenters. The van der Waals surface area contributed by atoms with Gasteiger partial charge in [-0.05, 0) is 40.7 Å². The van der Waals surface area contributed by atoms with Gasteiger partial charge in [-0.15, -0.1) is 11.3 Å². The van der Waals surface area contributed by atoms with E-state index in [1.165, 1.54) is 0 Å². The first kappa shape index (κ1) is 18.7. The van der Waals surface area contributed by atoms with E-state index in [-0.39, 0.29) is 18.2 Å². The Bertz CT molecular complexity index is 608. The molecule has 1 aliphatic heterocycles. The van der Waals surface area contributed by atoms with Gasteiger partial charge in [-0.2, -0.15) is 0 Å². The Hall–Kier alpha value is -1.60. The normalized spacial score (nSPS) is 22.5. The van der Waals surface area contributed by atoms with Crippen molar-refractivity contribution >= 4 is 23.3 Å². The summed E-state index contributed by atoms with van der Waals surface area (Å²) in [6.07, 6.45) is -0.256. The van der Waals surface area contributed by atoms with Crippen LogP contribution in [0, 0.1) is 0 Å². The molecule has 1 saturated heterocycles. The number of hydrogen-bond acceptors (Lipinski definition) is 5. The number of hydrogen-bond donors (Lipinski definition) is 1. The molecule has 0 saturated carbocycles. The first-order valence-electron chi connectivity index (χ1n) is 8.17. The highest BCUT2D eigenvalue weighted by Gasteiger charge is 2.34. The molecule has 2 atom stereocenters. The number of carbonyl (C=O) groups excluding carboxylic acids is 2. The van der Waals surface area contributed by atoms with E-state index >= 15 is 0 Å². The van der Waals surface area contributed by atoms with E-state index < -0.39 is 11.5 Å². The number of nitrogens with zero attached hydrogens (tertiary/aromatic N) is 2. The molecule has 2 rings (SSSR count). The van der Waals surface area contributed by atoms with Crippen LogP contribution >= 0.6 is 11.3 Å². The number of amides is 2. The van der Waals surface area contributed by atoms with Gasteiger partial charge < -0.3 is 15.4 Å². The minimum atomic E-state index is -0.487. The van der Waals surface area contributed by atoms with Gasteiger partial charge in [-0.1, -0.05) is 0 Å². The van der Waals surface area contributed by atoms with Crippen molar-refractivity contribution in [1.29, 1.82) is 0 Å². The molecule has 134 valence electrons. The summed E-state index contributed by atoms with van der Waals surface area (Å²) in [5.41, 5.74) is 5.38. The van der Waals surface area contributed by atoms with E-state index in [2.05, 4.69) is 11.8 Å². The van der Waals surface area contributed by atoms with Crippen LogP contribution in [0.25, 0.3) is 0 Å². The summed E-state index contributed by atoms with van der Waals surface area (Å²) in [6.45, 7) is 11.9. The van der Waals surface area contributed by atoms with Crippen LogP contribution in [0.2, 0.25) is 0 Å². The van der Waals surface area contributed by atoms with Crippen LogP contribution in [-0.2, 0) is 11.3 Å². The minimum Gasteiger partial charge on any atom is -0.444 e. The van der Waals surface area contributed by atoms with E-state index in [9.17, 15) is 9.59 Å². The third-order valence-electron chi connectivity index (χ3n) is 4.04. The Morgan fingerprint density at radius 1 is 1.29 bits per heavy atom. The number of primary amides is 1. The zero-order chi connectivity index (χ0) is 18.1. The summed E-state index contributed by atoms with van der Waals surface area (Å²) in [4.78, 5) is 28.8. The number of thiophene rings is 1. The molecule has 2 heterocycles. The number of nitrogens with two attached hydrogens (primary N) is 1. The molecule has 0 radical (unpaired) electrons. The Kier molecular flexibility index (Phi) is 5.55. The molecule has 7 heteroatoms. The van der Waals surface area contributed by atoms with Crippen molar-refractivity contribution in [1.82, 2.24) is 9.80 Å². The fraction of sp³-hybridized carbons (Fsp3) is 0.647. The second-order valence-corrected chi connectivity index (χ2v) is 8.42. The molecule has 0 bridgehead atoms. The maximum Gasteiger partial charge on any atom is 0.410 e. The number of rotatable bonds is 3. The third-order valence-corrected chi connectivity index (χ3v) is 4.96. The van der Waals surface area contributed by atoms with Crippen LogP contribution in [0.5, 0.6) is 0 Å². The fourth-order valence-corrected chi connectivity index (χ4v) is 3.68. The summed E-state index contributed by atoms with van der Waals surface area (Å²) in [7, 11) is 0. The van der Waals surface area contributed by atoms with Crippen LogP contribution in [0.15, 0.2) is 11.4 Å². The zero-order valence-electron chi connectivity index (χ0n) is 15.0. The molecule has 1 aliphatic rings. The lowest BCUT2D eigenvalue weighted by Crippen LogP contribution is -2.58. The first-order chi connectivity index (χ1) is 11.1. The largest absolute Gasteiger partial charge is 0.444 e. The van der Waals surface area contributed by atoms with Crippen LogP contribution < -0.4 is 5.73 Å². The van der Waals surface area contributed by atoms with E-state index in [0.29, 0.717) is 12.1 Å². The monoisotopic (exact) mass is 353 g/mol. The van der Waals surface area contributed by atoms with Gasteiger partial charge in [-0.25, -0.2) is 4.79 Å². The smallest absolute Gasteiger partial charge is 0.410 e. The summed E-state index contributed by atoms with van der Waals surface area (Å²) in [6, 6.07) is 2.14. The molecule has 1 fully saturated rings. The summed E-state index contributed by atoms with van der Waals surface area (Å²) in [5.74, 6) is -0.395. The van der Waals surface area contributed by atoms with Crippen molar-refractivity contribution in [3.63, 3.8) is 0 Å². The maximum absolute atomic E-state index is 12.3. The van der Waals surface area contributed by atoms with Crippen molar-refractivity contribution in [3.8, 4) is 0 Å². The van der Waals surface area contributed by atoms with Gasteiger partial charge in [0.25, 0.3) is 0 Å². The molecule has 0 aliphatic carbocycles. The van der Waals surface area contributed by atoms with Gasteiger partial charge in [0.1, 0.15) is 5.60 Å². The number of carbonyl (C=O) groups is 2. The van der Waals surface area contributed by atoms with Crippen molar-refractivity contribution < 1.29 is 14.3 Å². The van der Waals surface area contributed by atoms with Gasteiger partial charge in [0.15, 0.2) is 0 Å². The van der Waals surface area contributed by atoms with E-state index in [0.717, 1.165) is 18.0 Å². The molecule has 1 aromatic rings. The van der Waals surface area contributed by atoms with Gasteiger partial charge in [0.2, 0.25) is 5.91 Å². The molecule has 2 amide bonds. The average molecular weight is 353 g/mol. The lowest BCUT2D eigenvalue weighted by atomic mass is 10.1. The Morgan fingerprint density at radius 3 is 2.50 bits per heavy atom. The molecule has 0 aromatic carbocycles. The second kappa shape index (κ2) is 7.11. The van der Waals surface area contributed by atoms with Crippen LogP contribution in [0.3, 0.4) is 0 Å². The molecule has 2 N–H and O–H groups in total. The molecule has 0 spiro atoms. The second-order valence-electron chi connectivity index (χ2n) is 7.43. The summed E-state index contributed by atoms with van der Waals surface area (Å²) < 4.78 is 5.50. The quantitative estimate of drug-likeness (QED) is 0.906. The van der Waals surface area contributed by atoms with Crippen molar-refractivity contribution in [2.45, 2.75) is 58.8 Å². The van der Waals surface area contributed by atoms with Gasteiger partial charge in [0, 0.05) is 42.0 Å². The van der Waals surface area contributed by atoms with Gasteiger partial charge >= 0.3 is 6.09 Å². The predicted molar refractivity (Wildman–Crippen MR) is 95.1 cm³/mol. The SMILES string of the molecule is C[C@H]1CN(C(=O)OC(C)(C)C)[C@@H](C)CN1Cc1cc(C(N)=O)cs1. The van der Waals surface area contributed by atoms with Crippen LogP contribution in [-0.4, -0.2) is 52.6 Å². The average Bonchev–Trinajstić information content (AvgIpc) is 2.89. The fourth-order valence-electron chi connectivity index (χ4n) is 2.79. The molecule has 24 heavy (non-hydrogen) atoms. The lowest BCUT2D eigenvalue weighted by Gasteiger charge is -2.44. The van der Waals surface area contributed by atoms with Crippen molar-refractivity contribution in [3.05, 3.63) is 21.9 Å². The number of piperazine rings is 1. The van der Waals surface area contributed by atoms with E-state index in [4.69, 9.17) is 10.5 Å². The third kappa shape index (κ3) is 4.70. The highest BCUT2D eigenvalue weighted by molar-refractivity contribution is 7.10. The molecular weight excluding hydrogens is 326 g/mol. The van der Waals surface area contributed by atoms with Crippen molar-refractivity contribution in [2.75, 3.05) is 13.1 Å². The highest BCUT2D eigenvalue weighted by atomic mass is 32.1. The highest BCUT2D eigenvalue weighted by Crippen LogP contribution is 2.23. The lowest BCUT2D eigenvalue weighted by molar-refractivity contribution is -0.0115.